The van der Waals surface area contributed by atoms with Crippen LogP contribution < -0.4 is 14.8 Å². The molecular weight excluding hydrogens is 370 g/mol. The summed E-state index contributed by atoms with van der Waals surface area (Å²) in [4.78, 5) is 12.0. The Morgan fingerprint density at radius 2 is 1.92 bits per heavy atom. The van der Waals surface area contributed by atoms with Crippen molar-refractivity contribution in [3.63, 3.8) is 0 Å². The standard InChI is InChI=1S/C19H20BrNO3/c1-13(2)24-17-10-8-14(12-18(17)23-3)9-11-19(22)21-16-7-5-4-6-15(16)20/h4-13H,1-3H3,(H,21,22). The quantitative estimate of drug-likeness (QED) is 0.714. The minimum atomic E-state index is -0.205. The maximum atomic E-state index is 12.0. The lowest BCUT2D eigenvalue weighted by Gasteiger charge is -2.13. The largest absolute Gasteiger partial charge is 0.493 e. The van der Waals surface area contributed by atoms with E-state index in [9.17, 15) is 4.79 Å². The van der Waals surface area contributed by atoms with Gasteiger partial charge in [0.05, 0.1) is 18.9 Å². The zero-order valence-electron chi connectivity index (χ0n) is 13.9. The lowest BCUT2D eigenvalue weighted by Crippen LogP contribution is -2.08. The molecule has 0 aliphatic rings. The van der Waals surface area contributed by atoms with Crippen LogP contribution in [0.15, 0.2) is 53.0 Å². The molecule has 1 N–H and O–H groups in total. The predicted molar refractivity (Wildman–Crippen MR) is 101 cm³/mol. The Labute approximate surface area is 150 Å². The topological polar surface area (TPSA) is 47.6 Å². The van der Waals surface area contributed by atoms with Gasteiger partial charge in [-0.25, -0.2) is 0 Å². The Morgan fingerprint density at radius 3 is 2.58 bits per heavy atom. The zero-order valence-corrected chi connectivity index (χ0v) is 15.5. The SMILES string of the molecule is COc1cc(C=CC(=O)Nc2ccccc2Br)ccc1OC(C)C. The van der Waals surface area contributed by atoms with Crippen molar-refractivity contribution in [2.24, 2.45) is 0 Å². The maximum absolute atomic E-state index is 12.0. The van der Waals surface area contributed by atoms with Gasteiger partial charge >= 0.3 is 0 Å². The molecule has 1 amide bonds. The van der Waals surface area contributed by atoms with Crippen LogP contribution >= 0.6 is 15.9 Å². The lowest BCUT2D eigenvalue weighted by molar-refractivity contribution is -0.111. The highest BCUT2D eigenvalue weighted by Crippen LogP contribution is 2.29. The zero-order chi connectivity index (χ0) is 17.5. The van der Waals surface area contributed by atoms with Crippen molar-refractivity contribution in [3.8, 4) is 11.5 Å². The Kier molecular flexibility index (Phi) is 6.44. The molecule has 0 radical (unpaired) electrons. The number of hydrogen-bond acceptors (Lipinski definition) is 3. The van der Waals surface area contributed by atoms with Crippen molar-refractivity contribution in [2.45, 2.75) is 20.0 Å². The summed E-state index contributed by atoms with van der Waals surface area (Å²) in [6, 6.07) is 13.0. The van der Waals surface area contributed by atoms with E-state index in [0.717, 1.165) is 15.7 Å². The summed E-state index contributed by atoms with van der Waals surface area (Å²) in [7, 11) is 1.59. The van der Waals surface area contributed by atoms with Gasteiger partial charge in [0.25, 0.3) is 0 Å². The highest BCUT2D eigenvalue weighted by atomic mass is 79.9. The Hall–Kier alpha value is -2.27. The minimum Gasteiger partial charge on any atom is -0.493 e. The van der Waals surface area contributed by atoms with Crippen molar-refractivity contribution in [1.29, 1.82) is 0 Å². The van der Waals surface area contributed by atoms with E-state index in [0.29, 0.717) is 11.5 Å². The summed E-state index contributed by atoms with van der Waals surface area (Å²) < 4.78 is 11.9. The molecule has 0 saturated carbocycles. The number of amides is 1. The van der Waals surface area contributed by atoms with E-state index in [1.54, 1.807) is 13.2 Å². The van der Waals surface area contributed by atoms with Crippen LogP contribution in [-0.2, 0) is 4.79 Å². The number of ether oxygens (including phenoxy) is 2. The summed E-state index contributed by atoms with van der Waals surface area (Å²) in [6.07, 6.45) is 3.28. The molecule has 5 heteroatoms. The Morgan fingerprint density at radius 1 is 1.17 bits per heavy atom. The lowest BCUT2D eigenvalue weighted by atomic mass is 10.2. The number of anilines is 1. The highest BCUT2D eigenvalue weighted by molar-refractivity contribution is 9.10. The monoisotopic (exact) mass is 389 g/mol. The van der Waals surface area contributed by atoms with Gasteiger partial charge in [0, 0.05) is 10.5 Å². The molecule has 0 spiro atoms. The first-order valence-electron chi connectivity index (χ1n) is 7.58. The average Bonchev–Trinajstić information content (AvgIpc) is 2.55. The molecule has 2 rings (SSSR count). The van der Waals surface area contributed by atoms with Crippen molar-refractivity contribution < 1.29 is 14.3 Å². The molecule has 0 aliphatic carbocycles. The Bertz CT molecular complexity index is 741. The summed E-state index contributed by atoms with van der Waals surface area (Å²) in [6.45, 7) is 3.92. The van der Waals surface area contributed by atoms with Crippen LogP contribution in [0.25, 0.3) is 6.08 Å². The predicted octanol–water partition coefficient (Wildman–Crippen LogP) is 4.90. The van der Waals surface area contributed by atoms with E-state index in [2.05, 4.69) is 21.2 Å². The van der Waals surface area contributed by atoms with E-state index in [1.165, 1.54) is 6.08 Å². The van der Waals surface area contributed by atoms with Gasteiger partial charge < -0.3 is 14.8 Å². The van der Waals surface area contributed by atoms with Gasteiger partial charge in [-0.05, 0) is 65.7 Å². The van der Waals surface area contributed by atoms with Gasteiger partial charge in [-0.2, -0.15) is 0 Å². The van der Waals surface area contributed by atoms with Crippen molar-refractivity contribution in [2.75, 3.05) is 12.4 Å². The number of carbonyl (C=O) groups is 1. The number of benzene rings is 2. The molecular formula is C19H20BrNO3. The van der Waals surface area contributed by atoms with E-state index >= 15 is 0 Å². The Balaban J connectivity index is 2.08. The fraction of sp³-hybridized carbons (Fsp3) is 0.211. The summed E-state index contributed by atoms with van der Waals surface area (Å²) in [5, 5.41) is 2.82. The van der Waals surface area contributed by atoms with Gasteiger partial charge in [0.1, 0.15) is 0 Å². The smallest absolute Gasteiger partial charge is 0.248 e. The van der Waals surface area contributed by atoms with E-state index < -0.39 is 0 Å². The number of halogens is 1. The molecule has 2 aromatic rings. The number of rotatable bonds is 6. The summed E-state index contributed by atoms with van der Waals surface area (Å²) in [5.74, 6) is 1.11. The molecule has 0 saturated heterocycles. The second-order valence-corrected chi connectivity index (χ2v) is 6.23. The molecule has 24 heavy (non-hydrogen) atoms. The molecule has 0 bridgehead atoms. The van der Waals surface area contributed by atoms with E-state index in [-0.39, 0.29) is 12.0 Å². The van der Waals surface area contributed by atoms with Gasteiger partial charge in [-0.1, -0.05) is 18.2 Å². The molecule has 4 nitrogen and oxygen atoms in total. The van der Waals surface area contributed by atoms with E-state index in [4.69, 9.17) is 9.47 Å². The summed E-state index contributed by atoms with van der Waals surface area (Å²) in [5.41, 5.74) is 1.58. The molecule has 0 fully saturated rings. The van der Waals surface area contributed by atoms with Crippen LogP contribution in [0.2, 0.25) is 0 Å². The van der Waals surface area contributed by atoms with Crippen molar-refractivity contribution in [1.82, 2.24) is 0 Å². The number of hydrogen-bond donors (Lipinski definition) is 1. The fourth-order valence-electron chi connectivity index (χ4n) is 2.05. The maximum Gasteiger partial charge on any atom is 0.248 e. The molecule has 0 aromatic heterocycles. The third-order valence-corrected chi connectivity index (χ3v) is 3.80. The fourth-order valence-corrected chi connectivity index (χ4v) is 2.43. The van der Waals surface area contributed by atoms with Gasteiger partial charge in [0.15, 0.2) is 11.5 Å². The first-order chi connectivity index (χ1) is 11.5. The van der Waals surface area contributed by atoms with Crippen LogP contribution in [0.3, 0.4) is 0 Å². The van der Waals surface area contributed by atoms with Crippen LogP contribution in [0.1, 0.15) is 19.4 Å². The van der Waals surface area contributed by atoms with E-state index in [1.807, 2.05) is 56.3 Å². The summed E-state index contributed by atoms with van der Waals surface area (Å²) >= 11 is 3.40. The molecule has 126 valence electrons. The second-order valence-electron chi connectivity index (χ2n) is 5.38. The van der Waals surface area contributed by atoms with Crippen LogP contribution in [0, 0.1) is 0 Å². The minimum absolute atomic E-state index is 0.0652. The number of para-hydroxylation sites is 1. The van der Waals surface area contributed by atoms with Crippen LogP contribution in [-0.4, -0.2) is 19.1 Å². The van der Waals surface area contributed by atoms with Crippen molar-refractivity contribution >= 4 is 33.6 Å². The molecule has 0 heterocycles. The van der Waals surface area contributed by atoms with Gasteiger partial charge in [-0.3, -0.25) is 4.79 Å². The highest BCUT2D eigenvalue weighted by Gasteiger charge is 2.07. The average molecular weight is 390 g/mol. The molecule has 2 aromatic carbocycles. The second kappa shape index (κ2) is 8.55. The van der Waals surface area contributed by atoms with Gasteiger partial charge in [0.2, 0.25) is 5.91 Å². The first kappa shape index (κ1) is 18.1. The van der Waals surface area contributed by atoms with Crippen molar-refractivity contribution in [3.05, 3.63) is 58.6 Å². The first-order valence-corrected chi connectivity index (χ1v) is 8.37. The van der Waals surface area contributed by atoms with Crippen LogP contribution in [0.5, 0.6) is 11.5 Å². The number of nitrogens with one attached hydrogen (secondary N) is 1. The van der Waals surface area contributed by atoms with Crippen LogP contribution in [0.4, 0.5) is 5.69 Å². The normalized spacial score (nSPS) is 10.9. The third kappa shape index (κ3) is 5.13. The number of carbonyl (C=O) groups excluding carboxylic acids is 1. The van der Waals surface area contributed by atoms with Gasteiger partial charge in [-0.15, -0.1) is 0 Å². The third-order valence-electron chi connectivity index (χ3n) is 3.11. The molecule has 0 unspecified atom stereocenters. The number of methoxy groups -OCH3 is 1. The molecule has 0 aliphatic heterocycles. The molecule has 0 atom stereocenters.